The van der Waals surface area contributed by atoms with Crippen LogP contribution in [0.15, 0.2) is 24.5 Å². The largest absolute Gasteiger partial charge is 0.545 e. The Morgan fingerprint density at radius 3 is 2.78 bits per heavy atom. The summed E-state index contributed by atoms with van der Waals surface area (Å²) >= 11 is 0. The molecular formula is C11H13NO6. The lowest BCUT2D eigenvalue weighted by atomic mass is 10.0. The van der Waals surface area contributed by atoms with Crippen LogP contribution in [0.4, 0.5) is 0 Å². The van der Waals surface area contributed by atoms with Crippen LogP contribution in [0.3, 0.4) is 0 Å². The van der Waals surface area contributed by atoms with Gasteiger partial charge in [-0.3, -0.25) is 0 Å². The number of aliphatic hydroxyl groups excluding tert-OH is 3. The summed E-state index contributed by atoms with van der Waals surface area (Å²) in [5, 5.41) is 39.3. The minimum atomic E-state index is -1.35. The Morgan fingerprint density at radius 2 is 2.11 bits per heavy atom. The number of carboxylic acid groups (broad SMARTS) is 1. The second-order valence-corrected chi connectivity index (χ2v) is 4.10. The van der Waals surface area contributed by atoms with Gasteiger partial charge in [0.2, 0.25) is 0 Å². The van der Waals surface area contributed by atoms with Crippen LogP contribution in [-0.2, 0) is 4.74 Å². The number of ether oxygens (including phenoxy) is 1. The molecule has 0 spiro atoms. The van der Waals surface area contributed by atoms with Crippen molar-refractivity contribution in [1.82, 2.24) is 0 Å². The molecule has 0 amide bonds. The van der Waals surface area contributed by atoms with E-state index in [4.69, 9.17) is 4.74 Å². The first-order chi connectivity index (χ1) is 8.50. The van der Waals surface area contributed by atoms with Gasteiger partial charge in [-0.2, -0.15) is 4.57 Å². The van der Waals surface area contributed by atoms with Crippen molar-refractivity contribution in [3.8, 4) is 0 Å². The Labute approximate surface area is 102 Å². The molecule has 1 aromatic heterocycles. The molecule has 0 aromatic carbocycles. The van der Waals surface area contributed by atoms with E-state index in [1.165, 1.54) is 29.1 Å². The molecule has 0 aliphatic carbocycles. The summed E-state index contributed by atoms with van der Waals surface area (Å²) in [5.74, 6) is -1.35. The third kappa shape index (κ3) is 2.34. The van der Waals surface area contributed by atoms with Crippen molar-refractivity contribution in [2.45, 2.75) is 24.5 Å². The molecule has 2 rings (SSSR count). The predicted molar refractivity (Wildman–Crippen MR) is 54.0 cm³/mol. The fourth-order valence-corrected chi connectivity index (χ4v) is 1.82. The number of pyridine rings is 1. The van der Waals surface area contributed by atoms with Crippen molar-refractivity contribution in [1.29, 1.82) is 0 Å². The van der Waals surface area contributed by atoms with E-state index >= 15 is 0 Å². The molecule has 0 bridgehead atoms. The van der Waals surface area contributed by atoms with Crippen LogP contribution in [0.1, 0.15) is 16.6 Å². The quantitative estimate of drug-likeness (QED) is 0.484. The van der Waals surface area contributed by atoms with E-state index in [2.05, 4.69) is 0 Å². The van der Waals surface area contributed by atoms with Crippen molar-refractivity contribution in [2.75, 3.05) is 6.61 Å². The van der Waals surface area contributed by atoms with Gasteiger partial charge < -0.3 is 30.0 Å². The Kier molecular flexibility index (Phi) is 3.58. The molecule has 1 fully saturated rings. The van der Waals surface area contributed by atoms with Crippen LogP contribution >= 0.6 is 0 Å². The summed E-state index contributed by atoms with van der Waals surface area (Å²) in [4.78, 5) is 10.7. The highest BCUT2D eigenvalue weighted by Crippen LogP contribution is 2.19. The highest BCUT2D eigenvalue weighted by atomic mass is 16.5. The zero-order chi connectivity index (χ0) is 13.3. The second-order valence-electron chi connectivity index (χ2n) is 4.10. The van der Waals surface area contributed by atoms with E-state index in [0.717, 1.165) is 0 Å². The van der Waals surface area contributed by atoms with Crippen LogP contribution < -0.4 is 9.67 Å². The van der Waals surface area contributed by atoms with E-state index in [9.17, 15) is 25.2 Å². The molecule has 7 nitrogen and oxygen atoms in total. The second kappa shape index (κ2) is 4.99. The van der Waals surface area contributed by atoms with Crippen molar-refractivity contribution in [2.24, 2.45) is 0 Å². The van der Waals surface area contributed by atoms with Crippen LogP contribution in [0.5, 0.6) is 0 Å². The molecule has 1 aliphatic heterocycles. The van der Waals surface area contributed by atoms with E-state index < -0.39 is 30.5 Å². The van der Waals surface area contributed by atoms with Gasteiger partial charge in [-0.15, -0.1) is 0 Å². The minimum absolute atomic E-state index is 0.0751. The van der Waals surface area contributed by atoms with Gasteiger partial charge in [0.25, 0.3) is 6.23 Å². The summed E-state index contributed by atoms with van der Waals surface area (Å²) in [5.41, 5.74) is -0.0751. The lowest BCUT2D eigenvalue weighted by Gasteiger charge is -2.31. The van der Waals surface area contributed by atoms with Gasteiger partial charge in [0, 0.05) is 6.07 Å². The maximum Gasteiger partial charge on any atom is 0.291 e. The molecular weight excluding hydrogens is 242 g/mol. The number of hydrogen-bond donors (Lipinski definition) is 3. The number of hydrogen-bond acceptors (Lipinski definition) is 6. The third-order valence-electron chi connectivity index (χ3n) is 2.83. The monoisotopic (exact) mass is 255 g/mol. The summed E-state index contributed by atoms with van der Waals surface area (Å²) in [6.07, 6.45) is -2.10. The lowest BCUT2D eigenvalue weighted by molar-refractivity contribution is -0.775. The fraction of sp³-hybridized carbons (Fsp3) is 0.455. The van der Waals surface area contributed by atoms with Crippen LogP contribution in [0.2, 0.25) is 0 Å². The lowest BCUT2D eigenvalue weighted by Crippen LogP contribution is -2.58. The van der Waals surface area contributed by atoms with Gasteiger partial charge in [-0.25, -0.2) is 0 Å². The molecule has 3 N–H and O–H groups in total. The third-order valence-corrected chi connectivity index (χ3v) is 2.83. The molecule has 0 saturated carbocycles. The van der Waals surface area contributed by atoms with Crippen LogP contribution in [0, 0.1) is 0 Å². The summed E-state index contributed by atoms with van der Waals surface area (Å²) < 4.78 is 6.49. The number of aromatic nitrogens is 1. The number of rotatable bonds is 2. The molecule has 1 saturated heterocycles. The average Bonchev–Trinajstić information content (AvgIpc) is 2.36. The van der Waals surface area contributed by atoms with Crippen LogP contribution in [-0.4, -0.2) is 46.2 Å². The van der Waals surface area contributed by atoms with Gasteiger partial charge >= 0.3 is 0 Å². The number of carboxylic acids is 1. The number of carbonyl (C=O) groups is 1. The minimum Gasteiger partial charge on any atom is -0.545 e. The molecule has 2 heterocycles. The number of aromatic carboxylic acids is 1. The van der Waals surface area contributed by atoms with Gasteiger partial charge in [-0.1, -0.05) is 0 Å². The average molecular weight is 255 g/mol. The maximum atomic E-state index is 10.7. The molecule has 7 heteroatoms. The molecule has 4 atom stereocenters. The summed E-state index contributed by atoms with van der Waals surface area (Å²) in [7, 11) is 0. The highest BCUT2D eigenvalue weighted by molar-refractivity contribution is 5.84. The topological polar surface area (TPSA) is 114 Å². The van der Waals surface area contributed by atoms with Crippen molar-refractivity contribution >= 4 is 5.97 Å². The van der Waals surface area contributed by atoms with Gasteiger partial charge in [0.1, 0.15) is 12.2 Å². The SMILES string of the molecule is O=C([O-])c1ccc[n+](C2OCC(O)C(O)C2O)c1. The normalized spacial score (nSPS) is 32.2. The molecule has 98 valence electrons. The molecule has 0 radical (unpaired) electrons. The molecule has 4 unspecified atom stereocenters. The summed E-state index contributed by atoms with van der Waals surface area (Å²) in [6, 6.07) is 2.80. The Bertz CT molecular complexity index is 451. The number of carbonyl (C=O) groups excluding carboxylic acids is 1. The predicted octanol–water partition coefficient (Wildman–Crippen LogP) is -3.05. The number of nitrogens with zero attached hydrogens (tertiary/aromatic N) is 1. The fourth-order valence-electron chi connectivity index (χ4n) is 1.82. The Hall–Kier alpha value is -1.54. The zero-order valence-corrected chi connectivity index (χ0v) is 9.34. The molecule has 18 heavy (non-hydrogen) atoms. The van der Waals surface area contributed by atoms with E-state index in [1.807, 2.05) is 0 Å². The first kappa shape index (κ1) is 12.9. The van der Waals surface area contributed by atoms with Crippen LogP contribution in [0.25, 0.3) is 0 Å². The van der Waals surface area contributed by atoms with E-state index in [-0.39, 0.29) is 12.2 Å². The zero-order valence-electron chi connectivity index (χ0n) is 9.34. The number of aliphatic hydroxyl groups is 3. The Balaban J connectivity index is 2.26. The first-order valence-electron chi connectivity index (χ1n) is 5.38. The van der Waals surface area contributed by atoms with Gasteiger partial charge in [-0.05, 0) is 6.07 Å². The van der Waals surface area contributed by atoms with E-state index in [0.29, 0.717) is 0 Å². The van der Waals surface area contributed by atoms with Crippen molar-refractivity contribution in [3.05, 3.63) is 30.1 Å². The molecule has 1 aromatic rings. The van der Waals surface area contributed by atoms with Crippen molar-refractivity contribution in [3.63, 3.8) is 0 Å². The Morgan fingerprint density at radius 1 is 1.39 bits per heavy atom. The highest BCUT2D eigenvalue weighted by Gasteiger charge is 2.43. The van der Waals surface area contributed by atoms with Gasteiger partial charge in [0.15, 0.2) is 18.5 Å². The van der Waals surface area contributed by atoms with Crippen molar-refractivity contribution < 1.29 is 34.5 Å². The van der Waals surface area contributed by atoms with E-state index in [1.54, 1.807) is 0 Å². The maximum absolute atomic E-state index is 10.7. The smallest absolute Gasteiger partial charge is 0.291 e. The molecule has 1 aliphatic rings. The van der Waals surface area contributed by atoms with Gasteiger partial charge in [0.05, 0.1) is 18.1 Å². The first-order valence-corrected chi connectivity index (χ1v) is 5.38. The summed E-state index contributed by atoms with van der Waals surface area (Å²) in [6.45, 7) is -0.147. The standard InChI is InChI=1S/C11H13NO6/c13-7-5-18-10(9(15)8(7)14)12-3-1-2-6(4-12)11(16)17/h1-4,7-10,13-15H,5H2.